The van der Waals surface area contributed by atoms with Gasteiger partial charge in [-0.3, -0.25) is 0 Å². The predicted molar refractivity (Wildman–Crippen MR) is 37.0 cm³/mol. The minimum absolute atomic E-state index is 0.418. The molecule has 0 saturated heterocycles. The third kappa shape index (κ3) is 1.32. The first-order valence-corrected chi connectivity index (χ1v) is 2.64. The highest BCUT2D eigenvalue weighted by molar-refractivity contribution is 5.47. The molecular weight excluding hydrogens is 114 g/mol. The first kappa shape index (κ1) is 5.88. The zero-order valence-electron chi connectivity index (χ0n) is 5.18. The van der Waals surface area contributed by atoms with Gasteiger partial charge in [0.25, 0.3) is 0 Å². The second-order valence-electron chi connectivity index (χ2n) is 1.62. The van der Waals surface area contributed by atoms with E-state index in [-0.39, 0.29) is 0 Å². The van der Waals surface area contributed by atoms with Crippen LogP contribution in [-0.4, -0.2) is 12.0 Å². The van der Waals surface area contributed by atoms with Crippen molar-refractivity contribution in [2.45, 2.75) is 0 Å². The van der Waals surface area contributed by atoms with Crippen LogP contribution in [0.4, 0.5) is 11.5 Å². The molecule has 3 nitrogen and oxygen atoms in total. The molecule has 0 amide bonds. The fourth-order valence-electron chi connectivity index (χ4n) is 0.550. The van der Waals surface area contributed by atoms with Crippen LogP contribution in [-0.2, 0) is 0 Å². The Hall–Kier alpha value is -1.25. The monoisotopic (exact) mass is 122 g/mol. The molecule has 0 spiro atoms. The van der Waals surface area contributed by atoms with Crippen molar-refractivity contribution >= 4 is 11.5 Å². The van der Waals surface area contributed by atoms with Gasteiger partial charge in [0.15, 0.2) is 0 Å². The molecular formula is C6H8N3. The topological polar surface area (TPSA) is 50.9 Å². The molecule has 1 heterocycles. The van der Waals surface area contributed by atoms with Crippen molar-refractivity contribution in [1.29, 1.82) is 0 Å². The van der Waals surface area contributed by atoms with Crippen LogP contribution in [0.15, 0.2) is 12.3 Å². The summed E-state index contributed by atoms with van der Waals surface area (Å²) in [5, 5.41) is 2.89. The number of pyridine rings is 1. The number of anilines is 2. The maximum Gasteiger partial charge on any atom is 0.133 e. The Kier molecular flexibility index (Phi) is 1.53. The van der Waals surface area contributed by atoms with Crippen molar-refractivity contribution in [2.75, 3.05) is 18.1 Å². The van der Waals surface area contributed by atoms with Crippen LogP contribution in [0.25, 0.3) is 0 Å². The van der Waals surface area contributed by atoms with Crippen LogP contribution in [0.1, 0.15) is 0 Å². The number of nitrogens with zero attached hydrogens (tertiary/aromatic N) is 1. The molecule has 1 aromatic heterocycles. The van der Waals surface area contributed by atoms with Gasteiger partial charge in [-0.05, 0) is 6.07 Å². The van der Waals surface area contributed by atoms with E-state index in [4.69, 9.17) is 5.73 Å². The maximum absolute atomic E-state index is 5.33. The second-order valence-corrected chi connectivity index (χ2v) is 1.62. The fraction of sp³-hybridized carbons (Fsp3) is 0.167. The minimum Gasteiger partial charge on any atom is -0.387 e. The summed E-state index contributed by atoms with van der Waals surface area (Å²) in [5.74, 6) is 0.418. The van der Waals surface area contributed by atoms with E-state index < -0.39 is 0 Å². The number of nitrogens with two attached hydrogens (primary N) is 1. The highest BCUT2D eigenvalue weighted by Gasteiger charge is 1.87. The molecule has 0 bridgehead atoms. The molecule has 0 fully saturated rings. The van der Waals surface area contributed by atoms with Crippen LogP contribution in [0.5, 0.6) is 0 Å². The summed E-state index contributed by atoms with van der Waals surface area (Å²) in [4.78, 5) is 3.77. The average molecular weight is 122 g/mol. The van der Waals surface area contributed by atoms with E-state index >= 15 is 0 Å². The van der Waals surface area contributed by atoms with Gasteiger partial charge in [-0.1, -0.05) is 0 Å². The van der Waals surface area contributed by atoms with Crippen LogP contribution in [0.2, 0.25) is 0 Å². The standard InChI is InChI=1S/C6H8N3/c1-8-5-2-3-9-6(7)4-5/h2-3H,1H3,(H3,7,8,9). The molecule has 0 saturated carbocycles. The van der Waals surface area contributed by atoms with E-state index in [1.807, 2.05) is 7.05 Å². The van der Waals surface area contributed by atoms with E-state index in [1.54, 1.807) is 12.3 Å². The van der Waals surface area contributed by atoms with Gasteiger partial charge < -0.3 is 11.1 Å². The van der Waals surface area contributed by atoms with Gasteiger partial charge in [-0.15, -0.1) is 0 Å². The van der Waals surface area contributed by atoms with Gasteiger partial charge in [0, 0.05) is 18.9 Å². The molecule has 1 aromatic rings. The largest absolute Gasteiger partial charge is 0.387 e. The number of aromatic nitrogens is 1. The normalized spacial score (nSPS) is 9.00. The van der Waals surface area contributed by atoms with Crippen molar-refractivity contribution in [1.82, 2.24) is 4.98 Å². The molecule has 3 N–H and O–H groups in total. The molecule has 0 aliphatic heterocycles. The number of rotatable bonds is 1. The molecule has 0 atom stereocenters. The average Bonchev–Trinajstić information content (AvgIpc) is 1.88. The minimum atomic E-state index is 0.418. The SMILES string of the molecule is CNc1[c]c(N)ncc1. The van der Waals surface area contributed by atoms with Gasteiger partial charge in [-0.2, -0.15) is 0 Å². The van der Waals surface area contributed by atoms with Crippen LogP contribution in [0.3, 0.4) is 0 Å². The van der Waals surface area contributed by atoms with Crippen LogP contribution >= 0.6 is 0 Å². The first-order chi connectivity index (χ1) is 4.33. The lowest BCUT2D eigenvalue weighted by Gasteiger charge is -1.96. The molecule has 3 heteroatoms. The molecule has 0 unspecified atom stereocenters. The van der Waals surface area contributed by atoms with Gasteiger partial charge in [-0.25, -0.2) is 4.98 Å². The van der Waals surface area contributed by atoms with E-state index in [1.165, 1.54) is 0 Å². The molecule has 1 rings (SSSR count). The summed E-state index contributed by atoms with van der Waals surface area (Å²) < 4.78 is 0. The van der Waals surface area contributed by atoms with Gasteiger partial charge in [0.05, 0.1) is 6.07 Å². The number of nitrogens with one attached hydrogen (secondary N) is 1. The van der Waals surface area contributed by atoms with Crippen molar-refractivity contribution in [3.05, 3.63) is 18.3 Å². The molecule has 0 aliphatic carbocycles. The Balaban J connectivity index is 2.94. The highest BCUT2D eigenvalue weighted by Crippen LogP contribution is 2.05. The predicted octanol–water partition coefficient (Wildman–Crippen LogP) is 0.506. The van der Waals surface area contributed by atoms with Crippen LogP contribution in [0, 0.1) is 6.07 Å². The Morgan fingerprint density at radius 3 is 3.00 bits per heavy atom. The van der Waals surface area contributed by atoms with Crippen molar-refractivity contribution < 1.29 is 0 Å². The molecule has 9 heavy (non-hydrogen) atoms. The first-order valence-electron chi connectivity index (χ1n) is 2.64. The van der Waals surface area contributed by atoms with Crippen molar-refractivity contribution in [3.63, 3.8) is 0 Å². The lowest BCUT2D eigenvalue weighted by Crippen LogP contribution is -1.93. The summed E-state index contributed by atoms with van der Waals surface area (Å²) >= 11 is 0. The number of hydrogen-bond donors (Lipinski definition) is 2. The zero-order chi connectivity index (χ0) is 6.69. The summed E-state index contributed by atoms with van der Waals surface area (Å²) in [6.07, 6.45) is 1.64. The van der Waals surface area contributed by atoms with Gasteiger partial charge >= 0.3 is 0 Å². The van der Waals surface area contributed by atoms with E-state index in [9.17, 15) is 0 Å². The van der Waals surface area contributed by atoms with E-state index in [0.29, 0.717) is 5.82 Å². The smallest absolute Gasteiger partial charge is 0.133 e. The van der Waals surface area contributed by atoms with Crippen LogP contribution < -0.4 is 11.1 Å². The number of nitrogen functional groups attached to an aromatic ring is 1. The molecule has 0 aliphatic rings. The lowest BCUT2D eigenvalue weighted by molar-refractivity contribution is 1.32. The summed E-state index contributed by atoms with van der Waals surface area (Å²) in [6.45, 7) is 0. The molecule has 0 aromatic carbocycles. The Labute approximate surface area is 53.9 Å². The van der Waals surface area contributed by atoms with E-state index in [2.05, 4.69) is 16.4 Å². The van der Waals surface area contributed by atoms with Gasteiger partial charge in [0.2, 0.25) is 0 Å². The second kappa shape index (κ2) is 2.35. The molecule has 1 radical (unpaired) electrons. The highest BCUT2D eigenvalue weighted by atomic mass is 14.9. The summed E-state index contributed by atoms with van der Waals surface area (Å²) in [5.41, 5.74) is 6.19. The van der Waals surface area contributed by atoms with E-state index in [0.717, 1.165) is 5.69 Å². The Morgan fingerprint density at radius 2 is 2.56 bits per heavy atom. The Morgan fingerprint density at radius 1 is 1.78 bits per heavy atom. The Bertz CT molecular complexity index is 197. The van der Waals surface area contributed by atoms with Crippen molar-refractivity contribution in [3.8, 4) is 0 Å². The van der Waals surface area contributed by atoms with Gasteiger partial charge in [0.1, 0.15) is 5.82 Å². The molecule has 47 valence electrons. The summed E-state index contributed by atoms with van der Waals surface area (Å²) in [6, 6.07) is 4.61. The van der Waals surface area contributed by atoms with Crippen molar-refractivity contribution in [2.24, 2.45) is 0 Å². The third-order valence-corrected chi connectivity index (χ3v) is 0.987. The maximum atomic E-state index is 5.33. The summed E-state index contributed by atoms with van der Waals surface area (Å²) in [7, 11) is 1.81. The third-order valence-electron chi connectivity index (χ3n) is 0.987. The number of hydrogen-bond acceptors (Lipinski definition) is 3. The quantitative estimate of drug-likeness (QED) is 0.570. The lowest BCUT2D eigenvalue weighted by atomic mass is 10.4. The zero-order valence-corrected chi connectivity index (χ0v) is 5.18. The fourth-order valence-corrected chi connectivity index (χ4v) is 0.550.